The minimum atomic E-state index is -0.128. The fourth-order valence-corrected chi connectivity index (χ4v) is 3.69. The molecule has 3 rings (SSSR count). The zero-order valence-electron chi connectivity index (χ0n) is 14.7. The number of hydrogen-bond donors (Lipinski definition) is 0. The summed E-state index contributed by atoms with van der Waals surface area (Å²) in [5.74, 6) is 0.914. The lowest BCUT2D eigenvalue weighted by molar-refractivity contribution is -0.130. The number of amides is 2. The SMILES string of the molecule is CCc1nc(C)c(C(=O)N2CCCN(C(=O)Cc3cccs3)CC2)o1. The molecule has 0 aliphatic carbocycles. The molecule has 25 heavy (non-hydrogen) atoms. The number of thiophene rings is 1. The first-order chi connectivity index (χ1) is 12.1. The highest BCUT2D eigenvalue weighted by Crippen LogP contribution is 2.16. The number of aryl methyl sites for hydroxylation is 2. The lowest BCUT2D eigenvalue weighted by atomic mass is 10.3. The third-order valence-electron chi connectivity index (χ3n) is 4.38. The average molecular weight is 361 g/mol. The predicted octanol–water partition coefficient (Wildman–Crippen LogP) is 2.52. The Morgan fingerprint density at radius 2 is 2.00 bits per heavy atom. The number of nitrogens with zero attached hydrogens (tertiary/aromatic N) is 3. The molecule has 0 bridgehead atoms. The van der Waals surface area contributed by atoms with Crippen molar-refractivity contribution >= 4 is 23.2 Å². The van der Waals surface area contributed by atoms with Crippen LogP contribution in [0.1, 0.15) is 40.4 Å². The molecule has 2 aromatic rings. The van der Waals surface area contributed by atoms with Gasteiger partial charge in [0.15, 0.2) is 5.89 Å². The molecule has 0 N–H and O–H groups in total. The number of oxazole rings is 1. The first-order valence-electron chi connectivity index (χ1n) is 8.64. The van der Waals surface area contributed by atoms with E-state index in [-0.39, 0.29) is 11.8 Å². The molecule has 1 fully saturated rings. The van der Waals surface area contributed by atoms with Gasteiger partial charge in [0.2, 0.25) is 11.7 Å². The highest BCUT2D eigenvalue weighted by molar-refractivity contribution is 7.10. The lowest BCUT2D eigenvalue weighted by Gasteiger charge is -2.21. The molecule has 1 aliphatic rings. The number of hydrogen-bond acceptors (Lipinski definition) is 5. The van der Waals surface area contributed by atoms with Crippen LogP contribution in [-0.4, -0.2) is 52.8 Å². The third kappa shape index (κ3) is 4.10. The first-order valence-corrected chi connectivity index (χ1v) is 9.52. The molecule has 7 heteroatoms. The number of carbonyl (C=O) groups is 2. The molecule has 0 radical (unpaired) electrons. The molecule has 2 aromatic heterocycles. The Hall–Kier alpha value is -2.15. The Kier molecular flexibility index (Phi) is 5.53. The smallest absolute Gasteiger partial charge is 0.291 e. The highest BCUT2D eigenvalue weighted by atomic mass is 32.1. The van der Waals surface area contributed by atoms with Crippen molar-refractivity contribution in [3.05, 3.63) is 39.7 Å². The summed E-state index contributed by atoms with van der Waals surface area (Å²) in [7, 11) is 0. The minimum Gasteiger partial charge on any atom is -0.435 e. The average Bonchev–Trinajstić information content (AvgIpc) is 3.16. The molecule has 0 unspecified atom stereocenters. The van der Waals surface area contributed by atoms with Crippen molar-refractivity contribution in [1.29, 1.82) is 0 Å². The zero-order chi connectivity index (χ0) is 17.8. The maximum Gasteiger partial charge on any atom is 0.291 e. The van der Waals surface area contributed by atoms with Gasteiger partial charge >= 0.3 is 0 Å². The van der Waals surface area contributed by atoms with Gasteiger partial charge < -0.3 is 14.2 Å². The van der Waals surface area contributed by atoms with E-state index in [9.17, 15) is 9.59 Å². The van der Waals surface area contributed by atoms with Crippen LogP contribution >= 0.6 is 11.3 Å². The second kappa shape index (κ2) is 7.82. The fourth-order valence-electron chi connectivity index (χ4n) is 2.99. The van der Waals surface area contributed by atoms with Crippen LogP contribution in [0.2, 0.25) is 0 Å². The Balaban J connectivity index is 1.61. The maximum absolute atomic E-state index is 12.7. The van der Waals surface area contributed by atoms with Gasteiger partial charge in [-0.15, -0.1) is 11.3 Å². The van der Waals surface area contributed by atoms with Gasteiger partial charge in [0, 0.05) is 37.5 Å². The molecular weight excluding hydrogens is 338 g/mol. The van der Waals surface area contributed by atoms with E-state index in [1.807, 2.05) is 29.3 Å². The van der Waals surface area contributed by atoms with Crippen molar-refractivity contribution in [3.63, 3.8) is 0 Å². The summed E-state index contributed by atoms with van der Waals surface area (Å²) < 4.78 is 5.58. The van der Waals surface area contributed by atoms with Gasteiger partial charge in [-0.1, -0.05) is 13.0 Å². The van der Waals surface area contributed by atoms with E-state index in [0.717, 1.165) is 11.3 Å². The van der Waals surface area contributed by atoms with Crippen molar-refractivity contribution in [2.24, 2.45) is 0 Å². The Bertz CT molecular complexity index is 739. The molecule has 2 amide bonds. The van der Waals surface area contributed by atoms with Crippen molar-refractivity contribution in [2.75, 3.05) is 26.2 Å². The van der Waals surface area contributed by atoms with Gasteiger partial charge in [0.25, 0.3) is 5.91 Å². The van der Waals surface area contributed by atoms with E-state index in [1.165, 1.54) is 0 Å². The standard InChI is InChI=1S/C18H23N3O3S/c1-3-15-19-13(2)17(24-15)18(23)21-8-5-7-20(9-10-21)16(22)12-14-6-4-11-25-14/h4,6,11H,3,5,7-10,12H2,1-2H3. The van der Waals surface area contributed by atoms with E-state index < -0.39 is 0 Å². The summed E-state index contributed by atoms with van der Waals surface area (Å²) in [6.45, 7) is 6.14. The Morgan fingerprint density at radius 1 is 1.24 bits per heavy atom. The van der Waals surface area contributed by atoms with Gasteiger partial charge in [-0.25, -0.2) is 4.98 Å². The molecule has 6 nitrogen and oxygen atoms in total. The summed E-state index contributed by atoms with van der Waals surface area (Å²) in [6, 6.07) is 3.94. The molecule has 0 saturated carbocycles. The first kappa shape index (κ1) is 17.7. The number of carbonyl (C=O) groups excluding carboxylic acids is 2. The van der Waals surface area contributed by atoms with Crippen LogP contribution in [0, 0.1) is 6.92 Å². The largest absolute Gasteiger partial charge is 0.435 e. The third-order valence-corrected chi connectivity index (χ3v) is 5.26. The van der Waals surface area contributed by atoms with Crippen LogP contribution in [0.5, 0.6) is 0 Å². The maximum atomic E-state index is 12.7. The van der Waals surface area contributed by atoms with Gasteiger partial charge in [-0.3, -0.25) is 9.59 Å². The van der Waals surface area contributed by atoms with Crippen molar-refractivity contribution in [2.45, 2.75) is 33.1 Å². The van der Waals surface area contributed by atoms with Gasteiger partial charge in [-0.05, 0) is 24.8 Å². The normalized spacial score (nSPS) is 15.3. The zero-order valence-corrected chi connectivity index (χ0v) is 15.5. The molecular formula is C18H23N3O3S. The summed E-state index contributed by atoms with van der Waals surface area (Å²) in [6.07, 6.45) is 1.88. The molecule has 1 aliphatic heterocycles. The van der Waals surface area contributed by atoms with Crippen molar-refractivity contribution < 1.29 is 14.0 Å². The van der Waals surface area contributed by atoms with E-state index in [1.54, 1.807) is 23.2 Å². The van der Waals surface area contributed by atoms with Crippen LogP contribution in [0.4, 0.5) is 0 Å². The quantitative estimate of drug-likeness (QED) is 0.839. The number of aromatic nitrogens is 1. The monoisotopic (exact) mass is 361 g/mol. The van der Waals surface area contributed by atoms with Crippen molar-refractivity contribution in [1.82, 2.24) is 14.8 Å². The van der Waals surface area contributed by atoms with Crippen LogP contribution in [-0.2, 0) is 17.6 Å². The van der Waals surface area contributed by atoms with E-state index in [0.29, 0.717) is 56.4 Å². The predicted molar refractivity (Wildman–Crippen MR) is 95.7 cm³/mol. The summed E-state index contributed by atoms with van der Waals surface area (Å²) in [5, 5.41) is 1.98. The van der Waals surface area contributed by atoms with Crippen LogP contribution < -0.4 is 0 Å². The van der Waals surface area contributed by atoms with Crippen LogP contribution in [0.25, 0.3) is 0 Å². The summed E-state index contributed by atoms with van der Waals surface area (Å²) in [4.78, 5) is 34.2. The molecule has 1 saturated heterocycles. The van der Waals surface area contributed by atoms with E-state index in [4.69, 9.17) is 4.42 Å². The molecule has 0 atom stereocenters. The topological polar surface area (TPSA) is 66.7 Å². The molecule has 3 heterocycles. The van der Waals surface area contributed by atoms with Crippen LogP contribution in [0.15, 0.2) is 21.9 Å². The minimum absolute atomic E-state index is 0.126. The second-order valence-corrected chi connectivity index (χ2v) is 7.19. The van der Waals surface area contributed by atoms with Gasteiger partial charge in [0.05, 0.1) is 12.1 Å². The summed E-state index contributed by atoms with van der Waals surface area (Å²) in [5.41, 5.74) is 0.636. The lowest BCUT2D eigenvalue weighted by Crippen LogP contribution is -2.38. The summed E-state index contributed by atoms with van der Waals surface area (Å²) >= 11 is 1.60. The molecule has 0 aromatic carbocycles. The van der Waals surface area contributed by atoms with Gasteiger partial charge in [0.1, 0.15) is 0 Å². The van der Waals surface area contributed by atoms with Gasteiger partial charge in [-0.2, -0.15) is 0 Å². The number of rotatable bonds is 4. The van der Waals surface area contributed by atoms with E-state index >= 15 is 0 Å². The Morgan fingerprint density at radius 3 is 2.68 bits per heavy atom. The van der Waals surface area contributed by atoms with Crippen molar-refractivity contribution in [3.8, 4) is 0 Å². The van der Waals surface area contributed by atoms with E-state index in [2.05, 4.69) is 4.98 Å². The molecule has 0 spiro atoms. The second-order valence-electron chi connectivity index (χ2n) is 6.16. The fraction of sp³-hybridized carbons (Fsp3) is 0.500. The highest BCUT2D eigenvalue weighted by Gasteiger charge is 2.26. The van der Waals surface area contributed by atoms with Crippen LogP contribution in [0.3, 0.4) is 0 Å². The Labute approximate surface area is 151 Å². The molecule has 134 valence electrons.